The van der Waals surface area contributed by atoms with Gasteiger partial charge in [-0.2, -0.15) is 26.3 Å². The zero-order valence-electron chi connectivity index (χ0n) is 22.4. The zero-order chi connectivity index (χ0) is 30.5. The van der Waals surface area contributed by atoms with Crippen LogP contribution in [0.25, 0.3) is 0 Å². The predicted octanol–water partition coefficient (Wildman–Crippen LogP) is 5.95. The maximum Gasteiger partial charge on any atom is 0.416 e. The molecule has 1 aliphatic rings. The highest BCUT2D eigenvalue weighted by molar-refractivity contribution is 6.00. The average Bonchev–Trinajstić information content (AvgIpc) is 3.28. The number of rotatable bonds is 10. The van der Waals surface area contributed by atoms with Crippen molar-refractivity contribution in [1.29, 1.82) is 0 Å². The van der Waals surface area contributed by atoms with Crippen LogP contribution in [0.4, 0.5) is 26.3 Å². The van der Waals surface area contributed by atoms with E-state index in [0.29, 0.717) is 36.5 Å². The first-order chi connectivity index (χ1) is 19.8. The predicted molar refractivity (Wildman–Crippen MR) is 142 cm³/mol. The average molecular weight is 595 g/mol. The van der Waals surface area contributed by atoms with Crippen molar-refractivity contribution in [1.82, 2.24) is 5.32 Å². The van der Waals surface area contributed by atoms with E-state index in [1.165, 1.54) is 0 Å². The second-order valence-corrected chi connectivity index (χ2v) is 9.81. The smallest absolute Gasteiger partial charge is 0.416 e. The molecule has 0 bridgehead atoms. The van der Waals surface area contributed by atoms with Gasteiger partial charge in [0.25, 0.3) is 5.91 Å². The highest BCUT2D eigenvalue weighted by Gasteiger charge is 2.50. The molecule has 1 aliphatic heterocycles. The molecule has 0 unspecified atom stereocenters. The minimum absolute atomic E-state index is 0.0105. The Balaban J connectivity index is 1.63. The number of hydrogen-bond donors (Lipinski definition) is 2. The number of halogens is 6. The number of carbonyl (C=O) groups is 1. The van der Waals surface area contributed by atoms with E-state index in [1.54, 1.807) is 61.5 Å². The quantitative estimate of drug-likeness (QED) is 0.225. The summed E-state index contributed by atoms with van der Waals surface area (Å²) in [5, 5.41) is 11.4. The van der Waals surface area contributed by atoms with Gasteiger partial charge in [0.1, 0.15) is 11.9 Å². The minimum Gasteiger partial charge on any atom is -0.494 e. The Morgan fingerprint density at radius 2 is 1.57 bits per heavy atom. The van der Waals surface area contributed by atoms with Crippen molar-refractivity contribution in [3.8, 4) is 5.75 Å². The lowest BCUT2D eigenvalue weighted by molar-refractivity contribution is -0.143. The third kappa shape index (κ3) is 7.22. The molecule has 0 saturated carbocycles. The molecular formula is C30H28F6N2O4. The van der Waals surface area contributed by atoms with Crippen molar-refractivity contribution in [3.63, 3.8) is 0 Å². The number of aliphatic hydroxyl groups excluding tert-OH is 1. The normalized spacial score (nSPS) is 18.8. The highest BCUT2D eigenvalue weighted by atomic mass is 19.4. The number of aliphatic imine (C=N–C) groups is 1. The number of alkyl halides is 6. The molecule has 0 spiro atoms. The van der Waals surface area contributed by atoms with E-state index < -0.39 is 47.6 Å². The molecule has 42 heavy (non-hydrogen) atoms. The van der Waals surface area contributed by atoms with Crippen LogP contribution in [0.3, 0.4) is 0 Å². The summed E-state index contributed by atoms with van der Waals surface area (Å²) in [5.41, 5.74) is -3.62. The lowest BCUT2D eigenvalue weighted by atomic mass is 9.86. The third-order valence-corrected chi connectivity index (χ3v) is 6.74. The minimum atomic E-state index is -5.01. The summed E-state index contributed by atoms with van der Waals surface area (Å²) in [5.74, 6) is -0.0239. The molecule has 3 aromatic rings. The van der Waals surface area contributed by atoms with Gasteiger partial charge >= 0.3 is 12.4 Å². The number of nitrogens with zero attached hydrogens (tertiary/aromatic N) is 1. The van der Waals surface area contributed by atoms with E-state index in [0.717, 1.165) is 5.56 Å². The largest absolute Gasteiger partial charge is 0.494 e. The standard InChI is InChI=1S/C30H28F6N2O4/c1-19-28(17-20-6-3-2-4-7-20,38-26(42-19)22-8-10-25(11-9-22)41-13-5-12-39)27(40)37-18-21-14-23(29(31,32)33)16-24(15-21)30(34,35)36/h2-4,6-11,14-16,19,39H,5,12-13,17-18H2,1H3,(H,37,40)/t19-,28-/m1/s1. The second-order valence-electron chi connectivity index (χ2n) is 9.81. The van der Waals surface area contributed by atoms with Crippen LogP contribution in [0.2, 0.25) is 0 Å². The summed E-state index contributed by atoms with van der Waals surface area (Å²) in [6, 6.07) is 16.8. The van der Waals surface area contributed by atoms with Crippen LogP contribution >= 0.6 is 0 Å². The first kappa shape index (κ1) is 30.9. The van der Waals surface area contributed by atoms with Crippen molar-refractivity contribution >= 4 is 11.8 Å². The number of ether oxygens (including phenoxy) is 2. The molecule has 1 heterocycles. The molecule has 224 valence electrons. The maximum absolute atomic E-state index is 13.7. The fraction of sp³-hybridized carbons (Fsp3) is 0.333. The molecule has 2 N–H and O–H groups in total. The SMILES string of the molecule is C[C@H]1OC(c2ccc(OCCCO)cc2)=N[C@@]1(Cc1ccccc1)C(=O)NCc1cc(C(F)(F)F)cc(C(F)(F)F)c1. The van der Waals surface area contributed by atoms with E-state index in [4.69, 9.17) is 14.6 Å². The molecule has 0 radical (unpaired) electrons. The number of nitrogens with one attached hydrogen (secondary N) is 1. The van der Waals surface area contributed by atoms with Crippen LogP contribution in [0.15, 0.2) is 77.8 Å². The molecule has 6 nitrogen and oxygen atoms in total. The van der Waals surface area contributed by atoms with Gasteiger partial charge in [-0.3, -0.25) is 4.79 Å². The van der Waals surface area contributed by atoms with E-state index in [-0.39, 0.29) is 30.6 Å². The maximum atomic E-state index is 13.7. The number of aliphatic hydroxyl groups is 1. The number of benzene rings is 3. The molecular weight excluding hydrogens is 566 g/mol. The molecule has 2 atom stereocenters. The van der Waals surface area contributed by atoms with Gasteiger partial charge in [0.2, 0.25) is 5.90 Å². The summed E-state index contributed by atoms with van der Waals surface area (Å²) in [4.78, 5) is 18.4. The zero-order valence-corrected chi connectivity index (χ0v) is 22.4. The van der Waals surface area contributed by atoms with Gasteiger partial charge in [0.05, 0.1) is 17.7 Å². The van der Waals surface area contributed by atoms with Crippen molar-refractivity contribution < 1.29 is 45.7 Å². The van der Waals surface area contributed by atoms with Gasteiger partial charge < -0.3 is 19.9 Å². The lowest BCUT2D eigenvalue weighted by Crippen LogP contribution is -2.52. The molecule has 0 aromatic heterocycles. The summed E-state index contributed by atoms with van der Waals surface area (Å²) in [6.45, 7) is 1.34. The van der Waals surface area contributed by atoms with Gasteiger partial charge in [-0.1, -0.05) is 30.3 Å². The Kier molecular flexibility index (Phi) is 9.15. The van der Waals surface area contributed by atoms with Gasteiger partial charge in [0, 0.05) is 31.6 Å². The lowest BCUT2D eigenvalue weighted by Gasteiger charge is -2.28. The Bertz CT molecular complexity index is 1380. The van der Waals surface area contributed by atoms with Crippen LogP contribution in [0.1, 0.15) is 41.2 Å². The monoisotopic (exact) mass is 594 g/mol. The Morgan fingerprint density at radius 3 is 2.14 bits per heavy atom. The van der Waals surface area contributed by atoms with Crippen molar-refractivity contribution in [2.24, 2.45) is 4.99 Å². The van der Waals surface area contributed by atoms with Crippen LogP contribution in [-0.2, 0) is 34.8 Å². The first-order valence-corrected chi connectivity index (χ1v) is 13.0. The van der Waals surface area contributed by atoms with Crippen molar-refractivity contribution in [3.05, 3.63) is 101 Å². The molecule has 0 fully saturated rings. The van der Waals surface area contributed by atoms with Gasteiger partial charge in [-0.15, -0.1) is 0 Å². The van der Waals surface area contributed by atoms with Crippen LogP contribution in [-0.4, -0.2) is 41.8 Å². The summed E-state index contributed by atoms with van der Waals surface area (Å²) < 4.78 is 91.5. The second kappa shape index (κ2) is 12.4. The fourth-order valence-electron chi connectivity index (χ4n) is 4.51. The summed E-state index contributed by atoms with van der Waals surface area (Å²) in [7, 11) is 0. The molecule has 4 rings (SSSR count). The summed E-state index contributed by atoms with van der Waals surface area (Å²) >= 11 is 0. The van der Waals surface area contributed by atoms with Crippen LogP contribution < -0.4 is 10.1 Å². The van der Waals surface area contributed by atoms with E-state index in [9.17, 15) is 31.1 Å². The first-order valence-electron chi connectivity index (χ1n) is 13.0. The third-order valence-electron chi connectivity index (χ3n) is 6.74. The molecule has 0 saturated heterocycles. The number of hydrogen-bond acceptors (Lipinski definition) is 5. The topological polar surface area (TPSA) is 80.2 Å². The van der Waals surface area contributed by atoms with Crippen LogP contribution in [0.5, 0.6) is 5.75 Å². The van der Waals surface area contributed by atoms with E-state index in [2.05, 4.69) is 10.3 Å². The van der Waals surface area contributed by atoms with Gasteiger partial charge in [-0.05, 0) is 60.5 Å². The fourth-order valence-corrected chi connectivity index (χ4v) is 4.51. The highest BCUT2D eigenvalue weighted by Crippen LogP contribution is 2.37. The number of carbonyl (C=O) groups excluding carboxylic acids is 1. The molecule has 3 aromatic carbocycles. The Hall–Kier alpha value is -4.06. The molecule has 1 amide bonds. The molecule has 0 aliphatic carbocycles. The van der Waals surface area contributed by atoms with Crippen LogP contribution in [0, 0.1) is 0 Å². The molecule has 12 heteroatoms. The van der Waals surface area contributed by atoms with E-state index in [1.807, 2.05) is 0 Å². The van der Waals surface area contributed by atoms with Gasteiger partial charge in [-0.25, -0.2) is 4.99 Å². The van der Waals surface area contributed by atoms with E-state index >= 15 is 0 Å². The Labute approximate surface area is 238 Å². The summed E-state index contributed by atoms with van der Waals surface area (Å²) in [6.07, 6.45) is -10.3. The van der Waals surface area contributed by atoms with Crippen molar-refractivity contribution in [2.75, 3.05) is 13.2 Å². The van der Waals surface area contributed by atoms with Gasteiger partial charge in [0.15, 0.2) is 5.54 Å². The Morgan fingerprint density at radius 1 is 0.952 bits per heavy atom. The van der Waals surface area contributed by atoms with Crippen molar-refractivity contribution in [2.45, 2.75) is 50.3 Å². The number of amides is 1.